The Morgan fingerprint density at radius 3 is 2.29 bits per heavy atom. The Labute approximate surface area is 86.2 Å². The third-order valence-corrected chi connectivity index (χ3v) is 2.34. The molecule has 0 saturated heterocycles. The van der Waals surface area contributed by atoms with Gasteiger partial charge < -0.3 is 15.8 Å². The van der Waals surface area contributed by atoms with E-state index in [-0.39, 0.29) is 11.6 Å². The van der Waals surface area contributed by atoms with Crippen molar-refractivity contribution in [2.75, 3.05) is 6.54 Å². The fourth-order valence-electron chi connectivity index (χ4n) is 1.00. The van der Waals surface area contributed by atoms with Gasteiger partial charge in [-0.25, -0.2) is 4.79 Å². The minimum absolute atomic E-state index is 0.0922. The summed E-state index contributed by atoms with van der Waals surface area (Å²) in [5.74, 6) is 0. The van der Waals surface area contributed by atoms with Crippen molar-refractivity contribution in [1.82, 2.24) is 5.32 Å². The molecule has 0 unspecified atom stereocenters. The van der Waals surface area contributed by atoms with Gasteiger partial charge in [-0.3, -0.25) is 0 Å². The molecular weight excluding hydrogens is 180 g/mol. The van der Waals surface area contributed by atoms with E-state index in [4.69, 9.17) is 10.5 Å². The maximum Gasteiger partial charge on any atom is 0.407 e. The number of amides is 1. The average molecular weight is 202 g/mol. The molecule has 0 aromatic heterocycles. The highest BCUT2D eigenvalue weighted by Crippen LogP contribution is 2.09. The van der Waals surface area contributed by atoms with Gasteiger partial charge in [-0.15, -0.1) is 0 Å². The second kappa shape index (κ2) is 5.86. The lowest BCUT2D eigenvalue weighted by atomic mass is 9.94. The highest BCUT2D eigenvalue weighted by atomic mass is 16.6. The van der Waals surface area contributed by atoms with E-state index in [1.165, 1.54) is 0 Å². The summed E-state index contributed by atoms with van der Waals surface area (Å²) in [6.45, 7) is 8.12. The molecule has 0 spiro atoms. The van der Waals surface area contributed by atoms with Crippen LogP contribution in [0.3, 0.4) is 0 Å². The van der Waals surface area contributed by atoms with E-state index in [9.17, 15) is 4.79 Å². The Bertz CT molecular complexity index is 177. The minimum Gasteiger partial charge on any atom is -0.447 e. The van der Waals surface area contributed by atoms with Crippen molar-refractivity contribution in [3.05, 3.63) is 0 Å². The first-order valence-corrected chi connectivity index (χ1v) is 5.17. The Kier molecular flexibility index (Phi) is 5.53. The van der Waals surface area contributed by atoms with Crippen molar-refractivity contribution >= 4 is 6.09 Å². The van der Waals surface area contributed by atoms with E-state index in [0.717, 1.165) is 12.8 Å². The lowest BCUT2D eigenvalue weighted by Gasteiger charge is -2.26. The number of nitrogens with two attached hydrogens (primary N) is 1. The zero-order valence-electron chi connectivity index (χ0n) is 9.59. The number of hydrogen-bond acceptors (Lipinski definition) is 3. The topological polar surface area (TPSA) is 64.3 Å². The predicted octanol–water partition coefficient (Wildman–Crippen LogP) is 1.64. The molecule has 4 heteroatoms. The molecule has 0 saturated carbocycles. The second-order valence-electron chi connectivity index (χ2n) is 3.88. The first-order chi connectivity index (χ1) is 6.43. The molecular formula is C10H22N2O2. The van der Waals surface area contributed by atoms with Crippen molar-refractivity contribution in [3.8, 4) is 0 Å². The van der Waals surface area contributed by atoms with Gasteiger partial charge in [0.05, 0.1) is 6.10 Å². The molecule has 0 aliphatic rings. The van der Waals surface area contributed by atoms with E-state index < -0.39 is 6.09 Å². The summed E-state index contributed by atoms with van der Waals surface area (Å²) in [5.41, 5.74) is 5.70. The van der Waals surface area contributed by atoms with Gasteiger partial charge in [0.2, 0.25) is 0 Å². The Morgan fingerprint density at radius 2 is 1.93 bits per heavy atom. The molecule has 0 bridgehead atoms. The van der Waals surface area contributed by atoms with Crippen LogP contribution in [0.2, 0.25) is 0 Å². The van der Waals surface area contributed by atoms with Gasteiger partial charge in [0.25, 0.3) is 0 Å². The van der Waals surface area contributed by atoms with Gasteiger partial charge in [0.1, 0.15) is 0 Å². The van der Waals surface area contributed by atoms with Crippen LogP contribution in [-0.4, -0.2) is 24.3 Å². The molecule has 3 N–H and O–H groups in total. The highest BCUT2D eigenvalue weighted by molar-refractivity contribution is 5.67. The fourth-order valence-corrected chi connectivity index (χ4v) is 1.00. The largest absolute Gasteiger partial charge is 0.447 e. The van der Waals surface area contributed by atoms with Crippen LogP contribution in [0.25, 0.3) is 0 Å². The van der Waals surface area contributed by atoms with Crippen LogP contribution >= 0.6 is 0 Å². The van der Waals surface area contributed by atoms with Gasteiger partial charge >= 0.3 is 6.09 Å². The summed E-state index contributed by atoms with van der Waals surface area (Å²) in [6.07, 6.45) is 1.19. The molecule has 14 heavy (non-hydrogen) atoms. The molecule has 0 atom stereocenters. The van der Waals surface area contributed by atoms with Crippen molar-refractivity contribution < 1.29 is 9.53 Å². The molecule has 4 nitrogen and oxygen atoms in total. The summed E-state index contributed by atoms with van der Waals surface area (Å²) >= 11 is 0. The van der Waals surface area contributed by atoms with Gasteiger partial charge in [-0.1, -0.05) is 13.8 Å². The van der Waals surface area contributed by atoms with Crippen molar-refractivity contribution in [2.45, 2.75) is 52.2 Å². The summed E-state index contributed by atoms with van der Waals surface area (Å²) in [7, 11) is 0. The first-order valence-electron chi connectivity index (χ1n) is 5.17. The normalized spacial score (nSPS) is 11.6. The highest BCUT2D eigenvalue weighted by Gasteiger charge is 2.21. The second-order valence-corrected chi connectivity index (χ2v) is 3.88. The third-order valence-electron chi connectivity index (χ3n) is 2.34. The third kappa shape index (κ3) is 5.07. The number of carbonyl (C=O) groups excluding carboxylic acids is 1. The summed E-state index contributed by atoms with van der Waals surface area (Å²) < 4.78 is 4.93. The zero-order chi connectivity index (χ0) is 11.2. The molecule has 1 amide bonds. The number of carbonyl (C=O) groups is 1. The minimum atomic E-state index is -0.392. The molecule has 0 aliphatic heterocycles. The van der Waals surface area contributed by atoms with Gasteiger partial charge in [0, 0.05) is 12.1 Å². The van der Waals surface area contributed by atoms with Crippen LogP contribution < -0.4 is 11.1 Å². The maximum atomic E-state index is 11.1. The zero-order valence-corrected chi connectivity index (χ0v) is 9.59. The van der Waals surface area contributed by atoms with Crippen LogP contribution in [0.5, 0.6) is 0 Å². The van der Waals surface area contributed by atoms with E-state index in [1.54, 1.807) is 0 Å². The van der Waals surface area contributed by atoms with Crippen molar-refractivity contribution in [3.63, 3.8) is 0 Å². The van der Waals surface area contributed by atoms with E-state index in [2.05, 4.69) is 5.32 Å². The maximum absolute atomic E-state index is 11.1. The van der Waals surface area contributed by atoms with Gasteiger partial charge in [-0.2, -0.15) is 0 Å². The number of rotatable bonds is 5. The van der Waals surface area contributed by atoms with E-state index in [0.29, 0.717) is 6.54 Å². The van der Waals surface area contributed by atoms with Crippen LogP contribution in [0.15, 0.2) is 0 Å². The lowest BCUT2D eigenvalue weighted by molar-refractivity contribution is 0.113. The van der Waals surface area contributed by atoms with Gasteiger partial charge in [0.15, 0.2) is 0 Å². The SMILES string of the molecule is CCC(N)(CC)CNC(=O)OC(C)C. The Morgan fingerprint density at radius 1 is 1.43 bits per heavy atom. The Hall–Kier alpha value is -0.770. The number of hydrogen-bond donors (Lipinski definition) is 2. The molecule has 0 aliphatic carbocycles. The lowest BCUT2D eigenvalue weighted by Crippen LogP contribution is -2.49. The molecule has 0 fully saturated rings. The predicted molar refractivity (Wildman–Crippen MR) is 57.1 cm³/mol. The molecule has 0 rings (SSSR count). The number of ether oxygens (including phenoxy) is 1. The number of nitrogens with one attached hydrogen (secondary N) is 1. The summed E-state index contributed by atoms with van der Waals surface area (Å²) in [6, 6.07) is 0. The average Bonchev–Trinajstić information content (AvgIpc) is 2.13. The smallest absolute Gasteiger partial charge is 0.407 e. The standard InChI is InChI=1S/C10H22N2O2/c1-5-10(11,6-2)7-12-9(13)14-8(3)4/h8H,5-7,11H2,1-4H3,(H,12,13). The summed E-state index contributed by atoms with van der Waals surface area (Å²) in [4.78, 5) is 11.1. The molecule has 0 aromatic carbocycles. The molecule has 84 valence electrons. The molecule has 0 heterocycles. The Balaban J connectivity index is 3.86. The van der Waals surface area contributed by atoms with Gasteiger partial charge in [-0.05, 0) is 26.7 Å². The van der Waals surface area contributed by atoms with Crippen LogP contribution in [0, 0.1) is 0 Å². The fraction of sp³-hybridized carbons (Fsp3) is 0.900. The molecule has 0 radical (unpaired) electrons. The monoisotopic (exact) mass is 202 g/mol. The quantitative estimate of drug-likeness (QED) is 0.712. The van der Waals surface area contributed by atoms with Crippen molar-refractivity contribution in [2.24, 2.45) is 5.73 Å². The van der Waals surface area contributed by atoms with E-state index in [1.807, 2.05) is 27.7 Å². The van der Waals surface area contributed by atoms with Crippen LogP contribution in [-0.2, 0) is 4.74 Å². The summed E-state index contributed by atoms with van der Waals surface area (Å²) in [5, 5.41) is 2.67. The van der Waals surface area contributed by atoms with E-state index >= 15 is 0 Å². The number of alkyl carbamates (subject to hydrolysis) is 1. The first kappa shape index (κ1) is 13.2. The molecule has 0 aromatic rings. The van der Waals surface area contributed by atoms with Crippen molar-refractivity contribution in [1.29, 1.82) is 0 Å². The van der Waals surface area contributed by atoms with Crippen LogP contribution in [0.1, 0.15) is 40.5 Å². The van der Waals surface area contributed by atoms with Crippen LogP contribution in [0.4, 0.5) is 4.79 Å².